The van der Waals surface area contributed by atoms with Gasteiger partial charge in [0.25, 0.3) is 0 Å². The Bertz CT molecular complexity index is 795. The first kappa shape index (κ1) is 16.9. The Labute approximate surface area is 157 Å². The SMILES string of the molecule is CC1COc2cc(Cl)ccc2N1C(=O)N1CCN(c2cccnn2)CC1. The zero-order chi connectivity index (χ0) is 18.1. The van der Waals surface area contributed by atoms with Gasteiger partial charge < -0.3 is 14.5 Å². The number of amides is 2. The van der Waals surface area contributed by atoms with E-state index in [0.29, 0.717) is 30.5 Å². The van der Waals surface area contributed by atoms with Gasteiger partial charge in [0.1, 0.15) is 12.4 Å². The molecule has 1 unspecified atom stereocenters. The van der Waals surface area contributed by atoms with E-state index in [1.54, 1.807) is 18.3 Å². The summed E-state index contributed by atoms with van der Waals surface area (Å²) in [5.74, 6) is 1.50. The van der Waals surface area contributed by atoms with E-state index in [-0.39, 0.29) is 12.1 Å². The van der Waals surface area contributed by atoms with Crippen molar-refractivity contribution in [3.63, 3.8) is 0 Å². The van der Waals surface area contributed by atoms with Crippen molar-refractivity contribution in [1.29, 1.82) is 0 Å². The number of hydrogen-bond donors (Lipinski definition) is 0. The summed E-state index contributed by atoms with van der Waals surface area (Å²) in [4.78, 5) is 19.0. The van der Waals surface area contributed by atoms with Gasteiger partial charge in [-0.25, -0.2) is 4.79 Å². The fraction of sp³-hybridized carbons (Fsp3) is 0.389. The highest BCUT2D eigenvalue weighted by atomic mass is 35.5. The van der Waals surface area contributed by atoms with Gasteiger partial charge in [-0.3, -0.25) is 4.90 Å². The van der Waals surface area contributed by atoms with Crippen molar-refractivity contribution in [2.75, 3.05) is 42.6 Å². The van der Waals surface area contributed by atoms with E-state index in [1.165, 1.54) is 0 Å². The largest absolute Gasteiger partial charge is 0.489 e. The monoisotopic (exact) mass is 373 g/mol. The third kappa shape index (κ3) is 3.14. The van der Waals surface area contributed by atoms with Crippen molar-refractivity contribution in [3.05, 3.63) is 41.6 Å². The first-order chi connectivity index (χ1) is 12.6. The van der Waals surface area contributed by atoms with E-state index in [1.807, 2.05) is 34.9 Å². The van der Waals surface area contributed by atoms with Crippen LogP contribution in [0.2, 0.25) is 5.02 Å². The second-order valence-corrected chi connectivity index (χ2v) is 6.92. The summed E-state index contributed by atoms with van der Waals surface area (Å²) in [7, 11) is 0. The van der Waals surface area contributed by atoms with Crippen LogP contribution in [0.25, 0.3) is 0 Å². The number of aromatic nitrogens is 2. The van der Waals surface area contributed by atoms with E-state index < -0.39 is 0 Å². The number of piperazine rings is 1. The Hall–Kier alpha value is -2.54. The Kier molecular flexibility index (Phi) is 4.55. The molecule has 26 heavy (non-hydrogen) atoms. The second kappa shape index (κ2) is 6.99. The molecule has 136 valence electrons. The number of urea groups is 1. The molecule has 0 bridgehead atoms. The Morgan fingerprint density at radius 1 is 1.23 bits per heavy atom. The molecular weight excluding hydrogens is 354 g/mol. The molecule has 0 radical (unpaired) electrons. The van der Waals surface area contributed by atoms with Gasteiger partial charge in [0.2, 0.25) is 0 Å². The van der Waals surface area contributed by atoms with Gasteiger partial charge in [0.15, 0.2) is 5.82 Å². The molecule has 0 aliphatic carbocycles. The van der Waals surface area contributed by atoms with Crippen LogP contribution in [-0.4, -0.2) is 60.0 Å². The molecule has 8 heteroatoms. The first-order valence-corrected chi connectivity index (χ1v) is 9.04. The summed E-state index contributed by atoms with van der Waals surface area (Å²) >= 11 is 6.05. The van der Waals surface area contributed by atoms with Gasteiger partial charge >= 0.3 is 6.03 Å². The average Bonchev–Trinajstić information content (AvgIpc) is 2.68. The van der Waals surface area contributed by atoms with Crippen molar-refractivity contribution >= 4 is 29.1 Å². The van der Waals surface area contributed by atoms with E-state index >= 15 is 0 Å². The molecule has 1 saturated heterocycles. The lowest BCUT2D eigenvalue weighted by Gasteiger charge is -2.41. The van der Waals surface area contributed by atoms with Crippen LogP contribution >= 0.6 is 11.6 Å². The lowest BCUT2D eigenvalue weighted by molar-refractivity contribution is 0.190. The molecule has 2 amide bonds. The topological polar surface area (TPSA) is 61.8 Å². The average molecular weight is 374 g/mol. The minimum atomic E-state index is -0.0332. The van der Waals surface area contributed by atoms with Crippen molar-refractivity contribution in [2.45, 2.75) is 13.0 Å². The van der Waals surface area contributed by atoms with Crippen LogP contribution in [0.4, 0.5) is 16.3 Å². The maximum absolute atomic E-state index is 13.2. The van der Waals surface area contributed by atoms with Crippen molar-refractivity contribution < 1.29 is 9.53 Å². The molecule has 0 saturated carbocycles. The minimum Gasteiger partial charge on any atom is -0.489 e. The predicted molar refractivity (Wildman–Crippen MR) is 100 cm³/mol. The van der Waals surface area contributed by atoms with Gasteiger partial charge in [-0.15, -0.1) is 5.10 Å². The molecule has 3 heterocycles. The summed E-state index contributed by atoms with van der Waals surface area (Å²) < 4.78 is 5.74. The number of fused-ring (bicyclic) bond motifs is 1. The van der Waals surface area contributed by atoms with Crippen LogP contribution < -0.4 is 14.5 Å². The predicted octanol–water partition coefficient (Wildman–Crippen LogP) is 2.66. The van der Waals surface area contributed by atoms with E-state index in [2.05, 4.69) is 15.1 Å². The Morgan fingerprint density at radius 3 is 2.77 bits per heavy atom. The van der Waals surface area contributed by atoms with Crippen LogP contribution in [0.1, 0.15) is 6.92 Å². The van der Waals surface area contributed by atoms with E-state index in [4.69, 9.17) is 16.3 Å². The normalized spacial score (nSPS) is 19.8. The summed E-state index contributed by atoms with van der Waals surface area (Å²) in [5, 5.41) is 8.67. The third-order valence-corrected chi connectivity index (χ3v) is 4.98. The van der Waals surface area contributed by atoms with Gasteiger partial charge in [0.05, 0.1) is 11.7 Å². The molecule has 2 aliphatic rings. The zero-order valence-corrected chi connectivity index (χ0v) is 15.3. The van der Waals surface area contributed by atoms with Crippen LogP contribution in [-0.2, 0) is 0 Å². The standard InChI is InChI=1S/C18H20ClN5O2/c1-13-12-26-16-11-14(19)4-5-15(16)24(13)18(25)23-9-7-22(8-10-23)17-3-2-6-20-21-17/h2-6,11,13H,7-10,12H2,1H3. The summed E-state index contributed by atoms with van der Waals surface area (Å²) in [6.45, 7) is 5.20. The number of hydrogen-bond acceptors (Lipinski definition) is 5. The first-order valence-electron chi connectivity index (χ1n) is 8.66. The number of benzene rings is 1. The lowest BCUT2D eigenvalue weighted by atomic mass is 10.1. The van der Waals surface area contributed by atoms with Crippen LogP contribution in [0.3, 0.4) is 0 Å². The summed E-state index contributed by atoms with van der Waals surface area (Å²) in [6.07, 6.45) is 1.66. The third-order valence-electron chi connectivity index (χ3n) is 4.74. The maximum Gasteiger partial charge on any atom is 0.325 e. The number of nitrogens with zero attached hydrogens (tertiary/aromatic N) is 5. The molecule has 1 atom stereocenters. The highest BCUT2D eigenvalue weighted by molar-refractivity contribution is 6.30. The van der Waals surface area contributed by atoms with Gasteiger partial charge in [-0.2, -0.15) is 5.10 Å². The maximum atomic E-state index is 13.2. The molecule has 2 aromatic rings. The molecule has 4 rings (SSSR count). The fourth-order valence-electron chi connectivity index (χ4n) is 3.36. The smallest absolute Gasteiger partial charge is 0.325 e. The van der Waals surface area contributed by atoms with Crippen LogP contribution in [0.5, 0.6) is 5.75 Å². The summed E-state index contributed by atoms with van der Waals surface area (Å²) in [5.41, 5.74) is 0.773. The van der Waals surface area contributed by atoms with Crippen molar-refractivity contribution in [3.8, 4) is 5.75 Å². The molecule has 1 fully saturated rings. The molecule has 2 aliphatic heterocycles. The number of carbonyl (C=O) groups excluding carboxylic acids is 1. The molecule has 0 spiro atoms. The van der Waals surface area contributed by atoms with Crippen LogP contribution in [0.15, 0.2) is 36.5 Å². The van der Waals surface area contributed by atoms with E-state index in [9.17, 15) is 4.79 Å². The van der Waals surface area contributed by atoms with Gasteiger partial charge in [-0.1, -0.05) is 11.6 Å². The molecule has 7 nitrogen and oxygen atoms in total. The van der Waals surface area contributed by atoms with Crippen molar-refractivity contribution in [2.24, 2.45) is 0 Å². The molecule has 0 N–H and O–H groups in total. The number of ether oxygens (including phenoxy) is 1. The minimum absolute atomic E-state index is 0.00293. The second-order valence-electron chi connectivity index (χ2n) is 6.48. The highest BCUT2D eigenvalue weighted by Crippen LogP contribution is 2.36. The number of halogens is 1. The van der Waals surface area contributed by atoms with Gasteiger partial charge in [0, 0.05) is 43.5 Å². The molecule has 1 aromatic heterocycles. The van der Waals surface area contributed by atoms with Crippen LogP contribution in [0, 0.1) is 0 Å². The lowest BCUT2D eigenvalue weighted by Crippen LogP contribution is -2.56. The molecular formula is C18H20ClN5O2. The fourth-order valence-corrected chi connectivity index (χ4v) is 3.52. The quantitative estimate of drug-likeness (QED) is 0.769. The molecule has 1 aromatic carbocycles. The number of anilines is 2. The highest BCUT2D eigenvalue weighted by Gasteiger charge is 2.34. The Morgan fingerprint density at radius 2 is 2.04 bits per heavy atom. The van der Waals surface area contributed by atoms with Crippen molar-refractivity contribution in [1.82, 2.24) is 15.1 Å². The number of rotatable bonds is 1. The van der Waals surface area contributed by atoms with E-state index in [0.717, 1.165) is 24.6 Å². The number of carbonyl (C=O) groups is 1. The zero-order valence-electron chi connectivity index (χ0n) is 14.5. The summed E-state index contributed by atoms with van der Waals surface area (Å²) in [6, 6.07) is 9.17. The Balaban J connectivity index is 1.49. The van der Waals surface area contributed by atoms with Gasteiger partial charge in [-0.05, 0) is 31.2 Å².